The Labute approximate surface area is 96.4 Å². The zero-order chi connectivity index (χ0) is 11.4. The van der Waals surface area contributed by atoms with Gasteiger partial charge in [-0.05, 0) is 18.9 Å². The van der Waals surface area contributed by atoms with Gasteiger partial charge in [0, 0.05) is 19.2 Å². The van der Waals surface area contributed by atoms with Crippen molar-refractivity contribution in [3.8, 4) is 0 Å². The fraction of sp³-hybridized carbons (Fsp3) is 0.538. The van der Waals surface area contributed by atoms with Gasteiger partial charge in [-0.1, -0.05) is 29.8 Å². The van der Waals surface area contributed by atoms with E-state index >= 15 is 0 Å². The molecule has 3 heteroatoms. The third kappa shape index (κ3) is 3.04. The first kappa shape index (κ1) is 11.6. The molecule has 2 unspecified atom stereocenters. The Morgan fingerprint density at radius 1 is 1.44 bits per heavy atom. The molecule has 0 aromatic heterocycles. The number of hydrogen-bond acceptors (Lipinski definition) is 3. The maximum Gasteiger partial charge on any atom is 0.0914 e. The summed E-state index contributed by atoms with van der Waals surface area (Å²) in [6.07, 6.45) is 0.613. The Morgan fingerprint density at radius 3 is 2.81 bits per heavy atom. The first-order valence-electron chi connectivity index (χ1n) is 5.81. The normalized spacial score (nSPS) is 22.2. The Balaban J connectivity index is 1.82. The molecular formula is C13H19NO2. The monoisotopic (exact) mass is 221 g/mol. The summed E-state index contributed by atoms with van der Waals surface area (Å²) >= 11 is 0. The van der Waals surface area contributed by atoms with Crippen LogP contribution >= 0.6 is 0 Å². The highest BCUT2D eigenvalue weighted by Gasteiger charge is 2.16. The van der Waals surface area contributed by atoms with Gasteiger partial charge >= 0.3 is 0 Å². The molecule has 0 amide bonds. The minimum atomic E-state index is -0.429. The van der Waals surface area contributed by atoms with Gasteiger partial charge in [0.25, 0.3) is 0 Å². The van der Waals surface area contributed by atoms with Gasteiger partial charge in [0.2, 0.25) is 0 Å². The van der Waals surface area contributed by atoms with E-state index in [-0.39, 0.29) is 0 Å². The molecule has 1 saturated heterocycles. The third-order valence-corrected chi connectivity index (χ3v) is 2.99. The van der Waals surface area contributed by atoms with Crippen molar-refractivity contribution in [1.29, 1.82) is 0 Å². The molecule has 0 spiro atoms. The maximum atomic E-state index is 9.97. The molecule has 1 aliphatic heterocycles. The highest BCUT2D eigenvalue weighted by atomic mass is 16.5. The average Bonchev–Trinajstić information content (AvgIpc) is 2.80. The lowest BCUT2D eigenvalue weighted by Crippen LogP contribution is -2.32. The van der Waals surface area contributed by atoms with Crippen LogP contribution in [0.3, 0.4) is 0 Å². The van der Waals surface area contributed by atoms with E-state index in [1.807, 2.05) is 31.2 Å². The number of ether oxygens (including phenoxy) is 1. The zero-order valence-electron chi connectivity index (χ0n) is 9.65. The molecule has 1 aromatic rings. The summed E-state index contributed by atoms with van der Waals surface area (Å²) in [6, 6.07) is 8.41. The number of aryl methyl sites for hydroxylation is 1. The van der Waals surface area contributed by atoms with Gasteiger partial charge in [0.05, 0.1) is 12.7 Å². The van der Waals surface area contributed by atoms with Crippen molar-refractivity contribution in [3.63, 3.8) is 0 Å². The number of aliphatic hydroxyl groups is 1. The maximum absolute atomic E-state index is 9.97. The van der Waals surface area contributed by atoms with E-state index in [1.54, 1.807) is 0 Å². The molecule has 88 valence electrons. The number of nitrogens with one attached hydrogen (secondary N) is 1. The summed E-state index contributed by atoms with van der Waals surface area (Å²) in [6.45, 7) is 4.24. The van der Waals surface area contributed by atoms with Crippen molar-refractivity contribution < 1.29 is 9.84 Å². The highest BCUT2D eigenvalue weighted by molar-refractivity contribution is 5.23. The first-order chi connectivity index (χ1) is 7.75. The number of aliphatic hydroxyl groups excluding tert-OH is 1. The standard InChI is InChI=1S/C13H19NO2/c1-10-2-4-11(5-3-10)13(15)8-14-12-6-7-16-9-12/h2-5,12-15H,6-9H2,1H3. The Bertz CT molecular complexity index is 317. The minimum Gasteiger partial charge on any atom is -0.387 e. The summed E-state index contributed by atoms with van der Waals surface area (Å²) < 4.78 is 5.27. The molecule has 2 rings (SSSR count). The molecule has 1 aliphatic rings. The largest absolute Gasteiger partial charge is 0.387 e. The van der Waals surface area contributed by atoms with Crippen molar-refractivity contribution in [1.82, 2.24) is 5.32 Å². The quantitative estimate of drug-likeness (QED) is 0.807. The molecule has 1 heterocycles. The van der Waals surface area contributed by atoms with Gasteiger partial charge < -0.3 is 15.2 Å². The van der Waals surface area contributed by atoms with Crippen molar-refractivity contribution in [2.45, 2.75) is 25.5 Å². The van der Waals surface area contributed by atoms with Crippen LogP contribution in [0.4, 0.5) is 0 Å². The molecule has 0 radical (unpaired) electrons. The van der Waals surface area contributed by atoms with E-state index in [9.17, 15) is 5.11 Å². The van der Waals surface area contributed by atoms with Crippen molar-refractivity contribution in [3.05, 3.63) is 35.4 Å². The van der Waals surface area contributed by atoms with Crippen LogP contribution in [0.25, 0.3) is 0 Å². The molecule has 2 N–H and O–H groups in total. The van der Waals surface area contributed by atoms with Crippen LogP contribution in [-0.2, 0) is 4.74 Å². The van der Waals surface area contributed by atoms with E-state index in [0.29, 0.717) is 12.6 Å². The van der Waals surface area contributed by atoms with Crippen LogP contribution < -0.4 is 5.32 Å². The predicted octanol–water partition coefficient (Wildman–Crippen LogP) is 1.41. The van der Waals surface area contributed by atoms with Gasteiger partial charge in [-0.2, -0.15) is 0 Å². The van der Waals surface area contributed by atoms with Gasteiger partial charge in [-0.25, -0.2) is 0 Å². The van der Waals surface area contributed by atoms with Crippen LogP contribution in [0.5, 0.6) is 0 Å². The van der Waals surface area contributed by atoms with Crippen LogP contribution in [0.2, 0.25) is 0 Å². The summed E-state index contributed by atoms with van der Waals surface area (Å²) in [7, 11) is 0. The van der Waals surface area contributed by atoms with Crippen LogP contribution in [0.15, 0.2) is 24.3 Å². The van der Waals surface area contributed by atoms with E-state index in [4.69, 9.17) is 4.74 Å². The van der Waals surface area contributed by atoms with Crippen LogP contribution in [0.1, 0.15) is 23.7 Å². The topological polar surface area (TPSA) is 41.5 Å². The van der Waals surface area contributed by atoms with E-state index < -0.39 is 6.10 Å². The number of rotatable bonds is 4. The fourth-order valence-electron chi connectivity index (χ4n) is 1.88. The molecule has 16 heavy (non-hydrogen) atoms. The Hall–Kier alpha value is -0.900. The molecule has 0 bridgehead atoms. The Kier molecular flexibility index (Phi) is 3.93. The summed E-state index contributed by atoms with van der Waals surface area (Å²) in [5.74, 6) is 0. The van der Waals surface area contributed by atoms with Crippen molar-refractivity contribution in [2.75, 3.05) is 19.8 Å². The second-order valence-electron chi connectivity index (χ2n) is 4.40. The Morgan fingerprint density at radius 2 is 2.19 bits per heavy atom. The summed E-state index contributed by atoms with van der Waals surface area (Å²) in [5.41, 5.74) is 2.19. The molecule has 3 nitrogen and oxygen atoms in total. The predicted molar refractivity (Wildman–Crippen MR) is 63.4 cm³/mol. The number of hydrogen-bond donors (Lipinski definition) is 2. The molecule has 2 atom stereocenters. The molecule has 0 aliphatic carbocycles. The fourth-order valence-corrected chi connectivity index (χ4v) is 1.88. The lowest BCUT2D eigenvalue weighted by atomic mass is 10.1. The first-order valence-corrected chi connectivity index (χ1v) is 5.81. The average molecular weight is 221 g/mol. The molecule has 0 saturated carbocycles. The van der Waals surface area contributed by atoms with Crippen LogP contribution in [0, 0.1) is 6.92 Å². The lowest BCUT2D eigenvalue weighted by molar-refractivity contribution is 0.161. The third-order valence-electron chi connectivity index (χ3n) is 2.99. The van der Waals surface area contributed by atoms with Gasteiger partial charge in [0.1, 0.15) is 0 Å². The second kappa shape index (κ2) is 5.43. The van der Waals surface area contributed by atoms with E-state index in [0.717, 1.165) is 25.2 Å². The second-order valence-corrected chi connectivity index (χ2v) is 4.40. The van der Waals surface area contributed by atoms with Gasteiger partial charge in [-0.3, -0.25) is 0 Å². The smallest absolute Gasteiger partial charge is 0.0914 e. The number of benzene rings is 1. The summed E-state index contributed by atoms with van der Waals surface area (Å²) in [4.78, 5) is 0. The zero-order valence-corrected chi connectivity index (χ0v) is 9.65. The minimum absolute atomic E-state index is 0.403. The van der Waals surface area contributed by atoms with E-state index in [2.05, 4.69) is 5.32 Å². The van der Waals surface area contributed by atoms with Gasteiger partial charge in [-0.15, -0.1) is 0 Å². The molecule has 1 aromatic carbocycles. The highest BCUT2D eigenvalue weighted by Crippen LogP contribution is 2.13. The van der Waals surface area contributed by atoms with Gasteiger partial charge in [0.15, 0.2) is 0 Å². The summed E-state index contributed by atoms with van der Waals surface area (Å²) in [5, 5.41) is 13.3. The molecular weight excluding hydrogens is 202 g/mol. The van der Waals surface area contributed by atoms with Crippen molar-refractivity contribution >= 4 is 0 Å². The SMILES string of the molecule is Cc1ccc(C(O)CNC2CCOC2)cc1. The molecule has 1 fully saturated rings. The van der Waals surface area contributed by atoms with Crippen molar-refractivity contribution in [2.24, 2.45) is 0 Å². The lowest BCUT2D eigenvalue weighted by Gasteiger charge is -2.15. The van der Waals surface area contributed by atoms with Crippen LogP contribution in [-0.4, -0.2) is 30.9 Å². The van der Waals surface area contributed by atoms with E-state index in [1.165, 1.54) is 5.56 Å².